The Morgan fingerprint density at radius 1 is 1.25 bits per heavy atom. The molecule has 144 valence electrons. The van der Waals surface area contributed by atoms with Gasteiger partial charge >= 0.3 is 5.97 Å². The molecule has 0 spiro atoms. The molecule has 2 heterocycles. The van der Waals surface area contributed by atoms with Crippen LogP contribution in [-0.4, -0.2) is 39.4 Å². The molecule has 4 rings (SSSR count). The van der Waals surface area contributed by atoms with Crippen LogP contribution in [0.2, 0.25) is 0 Å². The Hall–Kier alpha value is -2.52. The van der Waals surface area contributed by atoms with Crippen molar-refractivity contribution < 1.29 is 14.3 Å². The molecule has 0 unspecified atom stereocenters. The summed E-state index contributed by atoms with van der Waals surface area (Å²) in [5, 5.41) is 11.7. The first-order chi connectivity index (χ1) is 13.7. The minimum absolute atomic E-state index is 0.375. The number of hydrogen-bond acceptors (Lipinski definition) is 8. The molecular weight excluding hydrogens is 396 g/mol. The highest BCUT2D eigenvalue weighted by molar-refractivity contribution is 8.01. The summed E-state index contributed by atoms with van der Waals surface area (Å²) in [6, 6.07) is 7.52. The Kier molecular flexibility index (Phi) is 5.54. The second-order valence-electron chi connectivity index (χ2n) is 6.21. The van der Waals surface area contributed by atoms with E-state index in [1.54, 1.807) is 11.8 Å². The molecule has 1 aliphatic carbocycles. The number of benzene rings is 1. The van der Waals surface area contributed by atoms with E-state index >= 15 is 0 Å². The van der Waals surface area contributed by atoms with Crippen LogP contribution in [0, 0.1) is 0 Å². The van der Waals surface area contributed by atoms with Gasteiger partial charge in [0.1, 0.15) is 0 Å². The van der Waals surface area contributed by atoms with E-state index in [-0.39, 0.29) is 6.61 Å². The van der Waals surface area contributed by atoms with Crippen LogP contribution >= 0.6 is 23.1 Å². The number of para-hydroxylation sites is 1. The summed E-state index contributed by atoms with van der Waals surface area (Å²) in [6.45, 7) is 1.64. The van der Waals surface area contributed by atoms with Gasteiger partial charge in [-0.1, -0.05) is 48.2 Å². The number of nitrogens with zero attached hydrogens (tertiary/aromatic N) is 3. The molecule has 1 N–H and O–H groups in total. The molecule has 0 aliphatic heterocycles. The van der Waals surface area contributed by atoms with Crippen LogP contribution in [0.15, 0.2) is 28.6 Å². The molecule has 0 atom stereocenters. The minimum Gasteiger partial charge on any atom is -0.452 e. The minimum atomic E-state index is -0.494. The van der Waals surface area contributed by atoms with Gasteiger partial charge in [-0.25, -0.2) is 4.79 Å². The number of esters is 1. The Bertz CT molecular complexity index is 1050. The summed E-state index contributed by atoms with van der Waals surface area (Å²) in [5.74, 6) is -0.0522. The highest BCUT2D eigenvalue weighted by Crippen LogP contribution is 2.30. The van der Waals surface area contributed by atoms with Gasteiger partial charge < -0.3 is 4.74 Å². The molecule has 0 fully saturated rings. The maximum atomic E-state index is 12.8. The smallest absolute Gasteiger partial charge is 0.339 e. The van der Waals surface area contributed by atoms with Crippen LogP contribution in [0.3, 0.4) is 0 Å². The zero-order valence-corrected chi connectivity index (χ0v) is 16.9. The predicted molar refractivity (Wildman–Crippen MR) is 109 cm³/mol. The summed E-state index contributed by atoms with van der Waals surface area (Å²) in [7, 11) is 0. The Morgan fingerprint density at radius 2 is 2.11 bits per heavy atom. The summed E-state index contributed by atoms with van der Waals surface area (Å²) in [4.78, 5) is 29.6. The SMILES string of the molecule is CCSc1nnc(NC(=O)COC(=O)c2c3c(nc4ccccc24)CCC3)s1. The fourth-order valence-electron chi connectivity index (χ4n) is 3.24. The van der Waals surface area contributed by atoms with E-state index in [0.29, 0.717) is 10.7 Å². The number of aromatic nitrogens is 3. The van der Waals surface area contributed by atoms with E-state index in [0.717, 1.165) is 51.5 Å². The molecule has 1 aromatic carbocycles. The lowest BCUT2D eigenvalue weighted by Crippen LogP contribution is -2.21. The first-order valence-corrected chi connectivity index (χ1v) is 10.8. The van der Waals surface area contributed by atoms with Crippen molar-refractivity contribution in [2.45, 2.75) is 30.5 Å². The van der Waals surface area contributed by atoms with Gasteiger partial charge in [0.05, 0.1) is 11.1 Å². The number of amides is 1. The molecule has 3 aromatic rings. The van der Waals surface area contributed by atoms with Crippen molar-refractivity contribution in [2.75, 3.05) is 17.7 Å². The maximum absolute atomic E-state index is 12.8. The fraction of sp³-hybridized carbons (Fsp3) is 0.316. The maximum Gasteiger partial charge on any atom is 0.339 e. The van der Waals surface area contributed by atoms with Crippen molar-refractivity contribution in [3.8, 4) is 0 Å². The van der Waals surface area contributed by atoms with Gasteiger partial charge in [0.2, 0.25) is 5.13 Å². The lowest BCUT2D eigenvalue weighted by molar-refractivity contribution is -0.119. The standard InChI is InChI=1S/C19H18N4O3S2/c1-2-27-19-23-22-18(28-19)21-15(24)10-26-17(25)16-11-6-3-4-8-13(11)20-14-9-5-7-12(14)16/h3-4,6,8H,2,5,7,9-10H2,1H3,(H,21,22,24). The van der Waals surface area contributed by atoms with E-state index in [4.69, 9.17) is 4.74 Å². The van der Waals surface area contributed by atoms with Crippen LogP contribution < -0.4 is 5.32 Å². The highest BCUT2D eigenvalue weighted by Gasteiger charge is 2.25. The second kappa shape index (κ2) is 8.24. The van der Waals surface area contributed by atoms with Crippen molar-refractivity contribution in [1.82, 2.24) is 15.2 Å². The van der Waals surface area contributed by atoms with Crippen LogP contribution in [0.25, 0.3) is 10.9 Å². The quantitative estimate of drug-likeness (QED) is 0.375. The number of thioether (sulfide) groups is 1. The van der Waals surface area contributed by atoms with Crippen molar-refractivity contribution in [3.63, 3.8) is 0 Å². The van der Waals surface area contributed by atoms with Gasteiger partial charge in [-0.2, -0.15) is 0 Å². The fourth-order valence-corrected chi connectivity index (χ4v) is 4.91. The summed E-state index contributed by atoms with van der Waals surface area (Å²) >= 11 is 2.85. The van der Waals surface area contributed by atoms with Crippen LogP contribution in [0.4, 0.5) is 5.13 Å². The molecule has 2 aromatic heterocycles. The topological polar surface area (TPSA) is 94.1 Å². The van der Waals surface area contributed by atoms with Crippen molar-refractivity contribution in [2.24, 2.45) is 0 Å². The average molecular weight is 415 g/mol. The second-order valence-corrected chi connectivity index (χ2v) is 8.70. The number of hydrogen-bond donors (Lipinski definition) is 1. The van der Waals surface area contributed by atoms with Crippen LogP contribution in [0.5, 0.6) is 0 Å². The number of ether oxygens (including phenoxy) is 1. The molecule has 28 heavy (non-hydrogen) atoms. The molecular formula is C19H18N4O3S2. The Balaban J connectivity index is 1.47. The third kappa shape index (κ3) is 3.85. The summed E-state index contributed by atoms with van der Waals surface area (Å²) in [6.07, 6.45) is 2.62. The zero-order valence-electron chi connectivity index (χ0n) is 15.2. The zero-order chi connectivity index (χ0) is 19.5. The highest BCUT2D eigenvalue weighted by atomic mass is 32.2. The Labute approximate surface area is 169 Å². The van der Waals surface area contributed by atoms with E-state index in [9.17, 15) is 9.59 Å². The number of fused-ring (bicyclic) bond motifs is 2. The summed E-state index contributed by atoms with van der Waals surface area (Å²) in [5.41, 5.74) is 3.19. The molecule has 1 amide bonds. The van der Waals surface area contributed by atoms with Crippen LogP contribution in [0.1, 0.15) is 35.0 Å². The molecule has 0 radical (unpaired) electrons. The van der Waals surface area contributed by atoms with Crippen LogP contribution in [-0.2, 0) is 22.4 Å². The van der Waals surface area contributed by atoms with Gasteiger partial charge in [-0.3, -0.25) is 15.1 Å². The number of rotatable bonds is 6. The van der Waals surface area contributed by atoms with Crippen molar-refractivity contribution in [3.05, 3.63) is 41.1 Å². The number of carbonyl (C=O) groups excluding carboxylic acids is 2. The molecule has 7 nitrogen and oxygen atoms in total. The van der Waals surface area contributed by atoms with E-state index in [2.05, 4.69) is 20.5 Å². The van der Waals surface area contributed by atoms with Crippen molar-refractivity contribution in [1.29, 1.82) is 0 Å². The van der Waals surface area contributed by atoms with Gasteiger partial charge in [-0.05, 0) is 36.6 Å². The van der Waals surface area contributed by atoms with E-state index in [1.165, 1.54) is 11.3 Å². The lowest BCUT2D eigenvalue weighted by Gasteiger charge is -2.11. The first-order valence-electron chi connectivity index (χ1n) is 8.99. The lowest BCUT2D eigenvalue weighted by atomic mass is 10.0. The number of aryl methyl sites for hydroxylation is 1. The number of anilines is 1. The monoisotopic (exact) mass is 414 g/mol. The molecule has 0 saturated heterocycles. The molecule has 0 saturated carbocycles. The molecule has 9 heteroatoms. The van der Waals surface area contributed by atoms with E-state index in [1.807, 2.05) is 31.2 Å². The summed E-state index contributed by atoms with van der Waals surface area (Å²) < 4.78 is 6.11. The number of carbonyl (C=O) groups is 2. The number of nitrogens with one attached hydrogen (secondary N) is 1. The first kappa shape index (κ1) is 18.8. The largest absolute Gasteiger partial charge is 0.452 e. The number of pyridine rings is 1. The molecule has 1 aliphatic rings. The molecule has 0 bridgehead atoms. The van der Waals surface area contributed by atoms with Crippen molar-refractivity contribution >= 4 is 51.0 Å². The Morgan fingerprint density at radius 3 is 2.96 bits per heavy atom. The predicted octanol–water partition coefficient (Wildman–Crippen LogP) is 3.48. The van der Waals surface area contributed by atoms with Gasteiger partial charge in [-0.15, -0.1) is 10.2 Å². The third-order valence-electron chi connectivity index (χ3n) is 4.38. The van der Waals surface area contributed by atoms with Gasteiger partial charge in [0.15, 0.2) is 10.9 Å². The normalized spacial score (nSPS) is 12.8. The van der Waals surface area contributed by atoms with Gasteiger partial charge in [0, 0.05) is 11.1 Å². The van der Waals surface area contributed by atoms with Gasteiger partial charge in [0.25, 0.3) is 5.91 Å². The van der Waals surface area contributed by atoms with E-state index < -0.39 is 11.9 Å². The average Bonchev–Trinajstić information content (AvgIpc) is 3.33. The third-order valence-corrected chi connectivity index (χ3v) is 6.23.